The smallest absolute Gasteiger partial charge is 0.117 e. The van der Waals surface area contributed by atoms with E-state index >= 15 is 0 Å². The van der Waals surface area contributed by atoms with Crippen LogP contribution in [0.3, 0.4) is 0 Å². The number of nitrogens with zero attached hydrogens (tertiary/aromatic N) is 2. The van der Waals surface area contributed by atoms with E-state index in [9.17, 15) is 0 Å². The fourth-order valence-corrected chi connectivity index (χ4v) is 1.58. The maximum atomic E-state index is 5.22. The van der Waals surface area contributed by atoms with Crippen LogP contribution in [-0.4, -0.2) is 16.3 Å². The van der Waals surface area contributed by atoms with Crippen molar-refractivity contribution >= 4 is 12.4 Å². The molecule has 17 heavy (non-hydrogen) atoms. The highest BCUT2D eigenvalue weighted by Crippen LogP contribution is 1.99. The van der Waals surface area contributed by atoms with Gasteiger partial charge < -0.3 is 9.73 Å². The van der Waals surface area contributed by atoms with Gasteiger partial charge in [0, 0.05) is 12.7 Å². The molecule has 0 atom stereocenters. The summed E-state index contributed by atoms with van der Waals surface area (Å²) in [5, 5.41) is 7.56. The van der Waals surface area contributed by atoms with E-state index in [0.717, 1.165) is 31.8 Å². The highest BCUT2D eigenvalue weighted by Gasteiger charge is 1.96. The van der Waals surface area contributed by atoms with E-state index in [1.807, 2.05) is 23.0 Å². The van der Waals surface area contributed by atoms with Crippen molar-refractivity contribution in [1.29, 1.82) is 0 Å². The van der Waals surface area contributed by atoms with Crippen molar-refractivity contribution in [3.8, 4) is 0 Å². The quantitative estimate of drug-likeness (QED) is 0.806. The fourth-order valence-electron chi connectivity index (χ4n) is 1.58. The Morgan fingerprint density at radius 1 is 1.47 bits per heavy atom. The number of hydrogen-bond acceptors (Lipinski definition) is 3. The van der Waals surface area contributed by atoms with E-state index in [-0.39, 0.29) is 12.4 Å². The molecule has 0 spiro atoms. The van der Waals surface area contributed by atoms with E-state index in [4.69, 9.17) is 4.42 Å². The first-order chi connectivity index (χ1) is 7.84. The first-order valence-electron chi connectivity index (χ1n) is 5.57. The van der Waals surface area contributed by atoms with Gasteiger partial charge in [-0.25, -0.2) is 0 Å². The van der Waals surface area contributed by atoms with E-state index < -0.39 is 0 Å². The number of furan rings is 1. The van der Waals surface area contributed by atoms with Crippen LogP contribution in [0.4, 0.5) is 0 Å². The normalized spacial score (nSPS) is 10.2. The second-order valence-corrected chi connectivity index (χ2v) is 3.89. The molecular formula is C12H18ClN3O. The van der Waals surface area contributed by atoms with E-state index in [2.05, 4.69) is 23.5 Å². The molecular weight excluding hydrogens is 238 g/mol. The lowest BCUT2D eigenvalue weighted by atomic mass is 10.4. The third-order valence-electron chi connectivity index (χ3n) is 2.38. The van der Waals surface area contributed by atoms with Gasteiger partial charge in [-0.1, -0.05) is 0 Å². The molecule has 0 fully saturated rings. The Morgan fingerprint density at radius 3 is 3.00 bits per heavy atom. The van der Waals surface area contributed by atoms with Crippen LogP contribution in [0.2, 0.25) is 0 Å². The molecule has 0 saturated heterocycles. The van der Waals surface area contributed by atoms with Crippen LogP contribution >= 0.6 is 12.4 Å². The van der Waals surface area contributed by atoms with Crippen molar-refractivity contribution in [2.45, 2.75) is 26.4 Å². The topological polar surface area (TPSA) is 43.0 Å². The summed E-state index contributed by atoms with van der Waals surface area (Å²) in [6, 6.07) is 3.88. The number of nitrogens with one attached hydrogen (secondary N) is 1. The van der Waals surface area contributed by atoms with Crippen LogP contribution in [0, 0.1) is 6.92 Å². The molecule has 0 aromatic carbocycles. The molecule has 1 N–H and O–H groups in total. The summed E-state index contributed by atoms with van der Waals surface area (Å²) in [5.41, 5.74) is 1.21. The van der Waals surface area contributed by atoms with Crippen LogP contribution in [0.15, 0.2) is 35.2 Å². The summed E-state index contributed by atoms with van der Waals surface area (Å²) in [6.45, 7) is 4.78. The summed E-state index contributed by atoms with van der Waals surface area (Å²) in [6.07, 6.45) is 6.72. The van der Waals surface area contributed by atoms with Crippen molar-refractivity contribution < 1.29 is 4.42 Å². The van der Waals surface area contributed by atoms with Gasteiger partial charge in [-0.3, -0.25) is 4.68 Å². The van der Waals surface area contributed by atoms with Crippen LogP contribution in [0.5, 0.6) is 0 Å². The standard InChI is InChI=1S/C12H17N3O.ClH/c1-11-8-14-15(10-11)6-3-5-13-9-12-4-2-7-16-12;/h2,4,7-8,10,13H,3,5-6,9H2,1H3;1H. The molecule has 0 amide bonds. The maximum Gasteiger partial charge on any atom is 0.117 e. The predicted octanol–water partition coefficient (Wildman–Crippen LogP) is 2.39. The zero-order valence-corrected chi connectivity index (χ0v) is 10.7. The average molecular weight is 256 g/mol. The number of aromatic nitrogens is 2. The molecule has 0 saturated carbocycles. The summed E-state index contributed by atoms with van der Waals surface area (Å²) < 4.78 is 7.20. The van der Waals surface area contributed by atoms with Crippen LogP contribution in [-0.2, 0) is 13.1 Å². The molecule has 4 nitrogen and oxygen atoms in total. The molecule has 0 radical (unpaired) electrons. The van der Waals surface area contributed by atoms with Crippen molar-refractivity contribution in [3.05, 3.63) is 42.1 Å². The van der Waals surface area contributed by atoms with Gasteiger partial charge in [-0.2, -0.15) is 5.10 Å². The number of rotatable bonds is 6. The molecule has 2 aromatic rings. The Balaban J connectivity index is 0.00000144. The van der Waals surface area contributed by atoms with Gasteiger partial charge in [0.2, 0.25) is 0 Å². The van der Waals surface area contributed by atoms with Crippen molar-refractivity contribution in [2.75, 3.05) is 6.54 Å². The number of halogens is 1. The minimum Gasteiger partial charge on any atom is -0.468 e. The highest BCUT2D eigenvalue weighted by atomic mass is 35.5. The summed E-state index contributed by atoms with van der Waals surface area (Å²) in [4.78, 5) is 0. The van der Waals surface area contributed by atoms with Crippen molar-refractivity contribution in [1.82, 2.24) is 15.1 Å². The Kier molecular flexibility index (Phi) is 5.80. The lowest BCUT2D eigenvalue weighted by Gasteiger charge is -2.03. The second-order valence-electron chi connectivity index (χ2n) is 3.89. The predicted molar refractivity (Wildman–Crippen MR) is 69.2 cm³/mol. The van der Waals surface area contributed by atoms with Crippen LogP contribution in [0.1, 0.15) is 17.7 Å². The van der Waals surface area contributed by atoms with Crippen molar-refractivity contribution in [3.63, 3.8) is 0 Å². The zero-order valence-electron chi connectivity index (χ0n) is 9.93. The monoisotopic (exact) mass is 255 g/mol. The Labute approximate surface area is 107 Å². The van der Waals surface area contributed by atoms with E-state index in [0.29, 0.717) is 0 Å². The molecule has 2 heterocycles. The van der Waals surface area contributed by atoms with E-state index in [1.165, 1.54) is 5.56 Å². The summed E-state index contributed by atoms with van der Waals surface area (Å²) >= 11 is 0. The lowest BCUT2D eigenvalue weighted by molar-refractivity contribution is 0.471. The van der Waals surface area contributed by atoms with Gasteiger partial charge >= 0.3 is 0 Å². The number of aryl methyl sites for hydroxylation is 2. The van der Waals surface area contributed by atoms with E-state index in [1.54, 1.807) is 6.26 Å². The zero-order chi connectivity index (χ0) is 11.2. The van der Waals surface area contributed by atoms with Gasteiger partial charge in [0.15, 0.2) is 0 Å². The minimum absolute atomic E-state index is 0. The molecule has 5 heteroatoms. The van der Waals surface area contributed by atoms with Gasteiger partial charge in [-0.15, -0.1) is 12.4 Å². The Hall–Kier alpha value is -1.26. The van der Waals surface area contributed by atoms with Crippen molar-refractivity contribution in [2.24, 2.45) is 0 Å². The maximum absolute atomic E-state index is 5.22. The largest absolute Gasteiger partial charge is 0.468 e. The third-order valence-corrected chi connectivity index (χ3v) is 2.38. The first-order valence-corrected chi connectivity index (χ1v) is 5.57. The SMILES string of the molecule is Cc1cnn(CCCNCc2ccco2)c1.Cl. The van der Waals surface area contributed by atoms with Gasteiger partial charge in [-0.05, 0) is 37.6 Å². The molecule has 2 rings (SSSR count). The van der Waals surface area contributed by atoms with Gasteiger partial charge in [0.1, 0.15) is 5.76 Å². The molecule has 0 aliphatic heterocycles. The van der Waals surface area contributed by atoms with Crippen LogP contribution in [0.25, 0.3) is 0 Å². The van der Waals surface area contributed by atoms with Crippen LogP contribution < -0.4 is 5.32 Å². The van der Waals surface area contributed by atoms with Gasteiger partial charge in [0.25, 0.3) is 0 Å². The molecule has 2 aromatic heterocycles. The third kappa shape index (κ3) is 4.63. The Morgan fingerprint density at radius 2 is 2.35 bits per heavy atom. The molecule has 94 valence electrons. The summed E-state index contributed by atoms with van der Waals surface area (Å²) in [7, 11) is 0. The highest BCUT2D eigenvalue weighted by molar-refractivity contribution is 5.85. The lowest BCUT2D eigenvalue weighted by Crippen LogP contribution is -2.16. The molecule has 0 aliphatic carbocycles. The second kappa shape index (κ2) is 7.14. The first kappa shape index (κ1) is 13.8. The molecule has 0 aliphatic rings. The molecule has 0 bridgehead atoms. The molecule has 0 unspecified atom stereocenters. The Bertz CT molecular complexity index is 411. The average Bonchev–Trinajstić information content (AvgIpc) is 2.89. The fraction of sp³-hybridized carbons (Fsp3) is 0.417. The summed E-state index contributed by atoms with van der Waals surface area (Å²) in [5.74, 6) is 0.981. The minimum atomic E-state index is 0. The number of hydrogen-bond donors (Lipinski definition) is 1. The van der Waals surface area contributed by atoms with Gasteiger partial charge in [0.05, 0.1) is 19.0 Å².